The molecule has 4 nitrogen and oxygen atoms in total. The van der Waals surface area contributed by atoms with E-state index in [-0.39, 0.29) is 0 Å². The van der Waals surface area contributed by atoms with Gasteiger partial charge in [0.25, 0.3) is 0 Å². The Morgan fingerprint density at radius 1 is 1.62 bits per heavy atom. The normalized spacial score (nSPS) is 11.6. The van der Waals surface area contributed by atoms with Crippen LogP contribution in [0.1, 0.15) is 12.5 Å². The van der Waals surface area contributed by atoms with Crippen molar-refractivity contribution in [3.63, 3.8) is 0 Å². The summed E-state index contributed by atoms with van der Waals surface area (Å²) in [5.41, 5.74) is 6.34. The average molecular weight is 235 g/mol. The molecule has 0 bridgehead atoms. The summed E-state index contributed by atoms with van der Waals surface area (Å²) in [7, 11) is 0. The van der Waals surface area contributed by atoms with Gasteiger partial charge in [-0.05, 0) is 25.3 Å². The Hall–Kier alpha value is -1.67. The fourth-order valence-corrected chi connectivity index (χ4v) is 1.82. The second-order valence-corrected chi connectivity index (χ2v) is 4.11. The Kier molecular flexibility index (Phi) is 4.20. The fraction of sp³-hybridized carbons (Fsp3) is 0.273. The van der Waals surface area contributed by atoms with Gasteiger partial charge in [0.15, 0.2) is 0 Å². The molecule has 0 aliphatic carbocycles. The molecule has 0 spiro atoms. The highest BCUT2D eigenvalue weighted by Crippen LogP contribution is 2.26. The Morgan fingerprint density at radius 3 is 2.81 bits per heavy atom. The van der Waals surface area contributed by atoms with Crippen LogP contribution < -0.4 is 11.1 Å². The molecule has 1 rings (SSSR count). The number of nitrogens with one attached hydrogen (secondary N) is 1. The maximum absolute atomic E-state index is 10.9. The Labute approximate surface area is 98.8 Å². The molecule has 84 valence electrons. The summed E-state index contributed by atoms with van der Waals surface area (Å²) in [6.45, 7) is 1.66. The Morgan fingerprint density at radius 2 is 2.31 bits per heavy atom. The van der Waals surface area contributed by atoms with Crippen molar-refractivity contribution in [1.82, 2.24) is 0 Å². The van der Waals surface area contributed by atoms with Crippen LogP contribution in [0.5, 0.6) is 0 Å². The highest BCUT2D eigenvalue weighted by molar-refractivity contribution is 7.98. The predicted molar refractivity (Wildman–Crippen MR) is 65.2 cm³/mol. The molecule has 1 unspecified atom stereocenters. The van der Waals surface area contributed by atoms with E-state index in [1.807, 2.05) is 18.4 Å². The predicted octanol–water partition coefficient (Wildman–Crippen LogP) is 1.57. The molecule has 1 aromatic carbocycles. The van der Waals surface area contributed by atoms with E-state index in [1.165, 1.54) is 11.8 Å². The maximum Gasteiger partial charge on any atom is 0.239 e. The number of carbonyl (C=O) groups is 1. The van der Waals surface area contributed by atoms with Crippen molar-refractivity contribution in [1.29, 1.82) is 5.26 Å². The Balaban J connectivity index is 3.05. The zero-order valence-corrected chi connectivity index (χ0v) is 9.97. The van der Waals surface area contributed by atoms with Gasteiger partial charge < -0.3 is 11.1 Å². The van der Waals surface area contributed by atoms with Crippen LogP contribution in [0.4, 0.5) is 5.69 Å². The van der Waals surface area contributed by atoms with Crippen molar-refractivity contribution < 1.29 is 4.79 Å². The van der Waals surface area contributed by atoms with Crippen molar-refractivity contribution in [2.45, 2.75) is 17.9 Å². The quantitative estimate of drug-likeness (QED) is 0.776. The largest absolute Gasteiger partial charge is 0.373 e. The number of carbonyl (C=O) groups excluding carboxylic acids is 1. The molecular formula is C11H13N3OS. The molecule has 3 N–H and O–H groups in total. The zero-order valence-electron chi connectivity index (χ0n) is 9.15. The van der Waals surface area contributed by atoms with E-state index in [4.69, 9.17) is 11.0 Å². The SMILES string of the molecule is CSc1cccc(NC(C)C(N)=O)c1C#N. The number of nitrogens with zero attached hydrogens (tertiary/aromatic N) is 1. The summed E-state index contributed by atoms with van der Waals surface area (Å²) in [4.78, 5) is 11.8. The van der Waals surface area contributed by atoms with Crippen molar-refractivity contribution in [2.75, 3.05) is 11.6 Å². The van der Waals surface area contributed by atoms with Gasteiger partial charge in [-0.3, -0.25) is 4.79 Å². The minimum Gasteiger partial charge on any atom is -0.373 e. The lowest BCUT2D eigenvalue weighted by Gasteiger charge is -2.14. The second-order valence-electron chi connectivity index (χ2n) is 3.26. The third-order valence-corrected chi connectivity index (χ3v) is 2.94. The fourth-order valence-electron chi connectivity index (χ4n) is 1.24. The number of hydrogen-bond donors (Lipinski definition) is 2. The number of anilines is 1. The van der Waals surface area contributed by atoms with Gasteiger partial charge in [-0.1, -0.05) is 6.07 Å². The summed E-state index contributed by atoms with van der Waals surface area (Å²) < 4.78 is 0. The number of nitrogens with two attached hydrogens (primary N) is 1. The van der Waals surface area contributed by atoms with Crippen LogP contribution >= 0.6 is 11.8 Å². The lowest BCUT2D eigenvalue weighted by molar-refractivity contribution is -0.118. The monoisotopic (exact) mass is 235 g/mol. The van der Waals surface area contributed by atoms with Gasteiger partial charge in [-0.25, -0.2) is 0 Å². The number of nitriles is 1. The first-order chi connectivity index (χ1) is 7.60. The van der Waals surface area contributed by atoms with Gasteiger partial charge in [0.1, 0.15) is 12.1 Å². The van der Waals surface area contributed by atoms with Crippen LogP contribution in [0.3, 0.4) is 0 Å². The number of benzene rings is 1. The third kappa shape index (κ3) is 2.67. The van der Waals surface area contributed by atoms with Gasteiger partial charge in [0, 0.05) is 4.90 Å². The number of amides is 1. The average Bonchev–Trinajstić information content (AvgIpc) is 2.28. The molecule has 0 fully saturated rings. The highest BCUT2D eigenvalue weighted by Gasteiger charge is 2.12. The van der Waals surface area contributed by atoms with Gasteiger partial charge in [0.05, 0.1) is 11.3 Å². The summed E-state index contributed by atoms with van der Waals surface area (Å²) in [5, 5.41) is 12.0. The molecule has 0 aromatic heterocycles. The molecule has 0 saturated carbocycles. The molecule has 0 radical (unpaired) electrons. The number of thioether (sulfide) groups is 1. The summed E-state index contributed by atoms with van der Waals surface area (Å²) in [5.74, 6) is -0.446. The van der Waals surface area contributed by atoms with E-state index < -0.39 is 11.9 Å². The van der Waals surface area contributed by atoms with Gasteiger partial charge in [-0.15, -0.1) is 11.8 Å². The number of rotatable bonds is 4. The van der Waals surface area contributed by atoms with Crippen molar-refractivity contribution in [2.24, 2.45) is 5.73 Å². The first-order valence-electron chi connectivity index (χ1n) is 4.73. The highest BCUT2D eigenvalue weighted by atomic mass is 32.2. The second kappa shape index (κ2) is 5.42. The van der Waals surface area contributed by atoms with E-state index in [1.54, 1.807) is 13.0 Å². The first kappa shape index (κ1) is 12.4. The molecule has 16 heavy (non-hydrogen) atoms. The van der Waals surface area contributed by atoms with Crippen LogP contribution in [-0.4, -0.2) is 18.2 Å². The standard InChI is InChI=1S/C11H13N3OS/c1-7(11(13)15)14-9-4-3-5-10(16-2)8(9)6-12/h3-5,7,14H,1-2H3,(H2,13,15). The van der Waals surface area contributed by atoms with Crippen molar-refractivity contribution >= 4 is 23.4 Å². The molecule has 1 amide bonds. The molecule has 0 heterocycles. The molecule has 0 saturated heterocycles. The van der Waals surface area contributed by atoms with Gasteiger partial charge in [0.2, 0.25) is 5.91 Å². The third-order valence-electron chi connectivity index (χ3n) is 2.16. The van der Waals surface area contributed by atoms with E-state index in [0.29, 0.717) is 11.3 Å². The van der Waals surface area contributed by atoms with Crippen molar-refractivity contribution in [3.05, 3.63) is 23.8 Å². The summed E-state index contributed by atoms with van der Waals surface area (Å²) in [6.07, 6.45) is 1.90. The van der Waals surface area contributed by atoms with E-state index in [0.717, 1.165) is 4.90 Å². The topological polar surface area (TPSA) is 78.9 Å². The van der Waals surface area contributed by atoms with Crippen LogP contribution in [0.15, 0.2) is 23.1 Å². The van der Waals surface area contributed by atoms with Crippen LogP contribution in [0.2, 0.25) is 0 Å². The maximum atomic E-state index is 10.9. The van der Waals surface area contributed by atoms with Crippen LogP contribution in [-0.2, 0) is 4.79 Å². The Bertz CT molecular complexity index is 439. The van der Waals surface area contributed by atoms with Gasteiger partial charge >= 0.3 is 0 Å². The van der Waals surface area contributed by atoms with E-state index in [2.05, 4.69) is 11.4 Å². The summed E-state index contributed by atoms with van der Waals surface area (Å²) >= 11 is 1.49. The van der Waals surface area contributed by atoms with Crippen LogP contribution in [0, 0.1) is 11.3 Å². The molecule has 0 aliphatic rings. The summed E-state index contributed by atoms with van der Waals surface area (Å²) in [6, 6.07) is 7.09. The van der Waals surface area contributed by atoms with Crippen molar-refractivity contribution in [3.8, 4) is 6.07 Å². The van der Waals surface area contributed by atoms with Gasteiger partial charge in [-0.2, -0.15) is 5.26 Å². The van der Waals surface area contributed by atoms with E-state index >= 15 is 0 Å². The minimum atomic E-state index is -0.496. The lowest BCUT2D eigenvalue weighted by Crippen LogP contribution is -2.32. The molecule has 1 aromatic rings. The number of hydrogen-bond acceptors (Lipinski definition) is 4. The van der Waals surface area contributed by atoms with E-state index in [9.17, 15) is 4.79 Å². The first-order valence-corrected chi connectivity index (χ1v) is 5.95. The molecule has 1 atom stereocenters. The van der Waals surface area contributed by atoms with Crippen LogP contribution in [0.25, 0.3) is 0 Å². The minimum absolute atomic E-state index is 0.446. The molecule has 5 heteroatoms. The lowest BCUT2D eigenvalue weighted by atomic mass is 10.1. The molecular weight excluding hydrogens is 222 g/mol. The smallest absolute Gasteiger partial charge is 0.239 e. The zero-order chi connectivity index (χ0) is 12.1. The number of primary amides is 1. The molecule has 0 aliphatic heterocycles.